The minimum Gasteiger partial charge on any atom is -0.379 e. The summed E-state index contributed by atoms with van der Waals surface area (Å²) in [7, 11) is 2.11. The van der Waals surface area contributed by atoms with Gasteiger partial charge in [0.2, 0.25) is 0 Å². The van der Waals surface area contributed by atoms with Crippen molar-refractivity contribution in [1.29, 1.82) is 0 Å². The molecule has 1 aliphatic rings. The van der Waals surface area contributed by atoms with Crippen molar-refractivity contribution in [2.45, 2.75) is 6.92 Å². The lowest BCUT2D eigenvalue weighted by molar-refractivity contribution is 0.0503. The molecule has 0 saturated carbocycles. The number of rotatable bonds is 4. The molecule has 0 radical (unpaired) electrons. The summed E-state index contributed by atoms with van der Waals surface area (Å²) >= 11 is 0. The molecule has 0 N–H and O–H groups in total. The fraction of sp³-hybridized carbons (Fsp3) is 0.188. The van der Waals surface area contributed by atoms with Gasteiger partial charge in [-0.15, -0.1) is 0 Å². The average Bonchev–Trinajstić information content (AvgIpc) is 2.91. The van der Waals surface area contributed by atoms with Crippen molar-refractivity contribution in [2.75, 3.05) is 33.4 Å². The summed E-state index contributed by atoms with van der Waals surface area (Å²) < 4.78 is 5.10. The van der Waals surface area contributed by atoms with Gasteiger partial charge in [0.05, 0.1) is 13.2 Å². The zero-order valence-corrected chi connectivity index (χ0v) is 20.8. The summed E-state index contributed by atoms with van der Waals surface area (Å²) in [6, 6.07) is 28.3. The third kappa shape index (κ3) is 13.2. The fourth-order valence-electron chi connectivity index (χ4n) is 2.88. The zero-order chi connectivity index (χ0) is 24.9. The Bertz CT molecular complexity index is 928. The van der Waals surface area contributed by atoms with E-state index in [0.717, 1.165) is 37.4 Å². The standard InChI is InChI=1S/C10H10.C9H10.C8H8.C5H11NO/c1-3-9-7-5-6-8-10(9)4-2;1-2-6-9-7-4-3-5-8-9;1-2-8-6-4-3-5-7-8;1-6-2-4-7-5-3-6/h3-8H,1-2H2;2-8H,1H3;2-7H,1H2;2-5H2,1H3. The first kappa shape index (κ1) is 28.6. The first-order valence-corrected chi connectivity index (χ1v) is 11.6. The molecule has 1 saturated heterocycles. The highest BCUT2D eigenvalue weighted by Crippen LogP contribution is 2.10. The topological polar surface area (TPSA) is 12.5 Å². The highest BCUT2D eigenvalue weighted by atomic mass is 16.5. The molecule has 0 unspecified atom stereocenters. The number of likely N-dealkylation sites (N-methyl/N-ethyl adjacent to an activating group) is 1. The molecule has 1 fully saturated rings. The molecule has 0 aromatic heterocycles. The van der Waals surface area contributed by atoms with Crippen molar-refractivity contribution in [3.63, 3.8) is 0 Å². The SMILES string of the molecule is C=Cc1ccccc1.C=Cc1ccccc1C=C.CC=Cc1ccccc1.CN1CCOCC1. The molecule has 2 heteroatoms. The second kappa shape index (κ2) is 19.0. The second-order valence-corrected chi connectivity index (χ2v) is 7.48. The molecule has 0 amide bonds. The van der Waals surface area contributed by atoms with Crippen LogP contribution in [0.1, 0.15) is 29.2 Å². The Hall–Kier alpha value is -3.46. The molecule has 178 valence electrons. The van der Waals surface area contributed by atoms with Gasteiger partial charge in [-0.3, -0.25) is 0 Å². The van der Waals surface area contributed by atoms with E-state index in [4.69, 9.17) is 4.74 Å². The minimum absolute atomic E-state index is 0.913. The van der Waals surface area contributed by atoms with Crippen LogP contribution in [0.3, 0.4) is 0 Å². The van der Waals surface area contributed by atoms with Gasteiger partial charge in [0.15, 0.2) is 0 Å². The van der Waals surface area contributed by atoms with Crippen molar-refractivity contribution in [2.24, 2.45) is 0 Å². The number of ether oxygens (including phenoxy) is 1. The predicted octanol–water partition coefficient (Wildman–Crippen LogP) is 7.97. The molecule has 2 nitrogen and oxygen atoms in total. The van der Waals surface area contributed by atoms with Gasteiger partial charge in [0, 0.05) is 13.1 Å². The van der Waals surface area contributed by atoms with Crippen molar-refractivity contribution in [3.05, 3.63) is 133 Å². The summed E-state index contributed by atoms with van der Waals surface area (Å²) in [5.41, 5.74) is 4.71. The number of hydrogen-bond acceptors (Lipinski definition) is 2. The number of benzene rings is 3. The molecule has 1 aliphatic heterocycles. The number of hydrogen-bond donors (Lipinski definition) is 0. The summed E-state index contributed by atoms with van der Waals surface area (Å²) in [6.07, 6.45) is 9.61. The van der Waals surface area contributed by atoms with E-state index in [1.807, 2.05) is 104 Å². The lowest BCUT2D eigenvalue weighted by atomic mass is 10.1. The van der Waals surface area contributed by atoms with Crippen LogP contribution in [0.5, 0.6) is 0 Å². The smallest absolute Gasteiger partial charge is 0.0594 e. The maximum absolute atomic E-state index is 5.10. The molecule has 0 atom stereocenters. The Morgan fingerprint density at radius 1 is 0.647 bits per heavy atom. The third-order valence-corrected chi connectivity index (χ3v) is 4.86. The first-order chi connectivity index (χ1) is 16.6. The van der Waals surface area contributed by atoms with Crippen LogP contribution in [0.2, 0.25) is 0 Å². The van der Waals surface area contributed by atoms with Gasteiger partial charge >= 0.3 is 0 Å². The molecule has 4 rings (SSSR count). The van der Waals surface area contributed by atoms with Gasteiger partial charge in [-0.05, 0) is 36.2 Å². The van der Waals surface area contributed by atoms with E-state index in [9.17, 15) is 0 Å². The number of nitrogens with zero attached hydrogens (tertiary/aromatic N) is 1. The fourth-order valence-corrected chi connectivity index (χ4v) is 2.88. The van der Waals surface area contributed by atoms with Gasteiger partial charge < -0.3 is 9.64 Å². The monoisotopic (exact) mass is 453 g/mol. The van der Waals surface area contributed by atoms with Crippen molar-refractivity contribution in [1.82, 2.24) is 4.90 Å². The van der Waals surface area contributed by atoms with Crippen molar-refractivity contribution < 1.29 is 4.74 Å². The Morgan fingerprint density at radius 3 is 1.41 bits per heavy atom. The molecule has 3 aromatic carbocycles. The van der Waals surface area contributed by atoms with Crippen LogP contribution in [0.15, 0.2) is 111 Å². The molecule has 0 spiro atoms. The summed E-state index contributed by atoms with van der Waals surface area (Å²) in [6.45, 7) is 17.1. The van der Waals surface area contributed by atoms with E-state index in [1.54, 1.807) is 0 Å². The van der Waals surface area contributed by atoms with Crippen LogP contribution < -0.4 is 0 Å². The molecule has 1 heterocycles. The zero-order valence-electron chi connectivity index (χ0n) is 20.8. The van der Waals surface area contributed by atoms with Crippen molar-refractivity contribution >= 4 is 24.3 Å². The van der Waals surface area contributed by atoms with Crippen LogP contribution in [-0.4, -0.2) is 38.3 Å². The van der Waals surface area contributed by atoms with Crippen LogP contribution in [-0.2, 0) is 4.74 Å². The molecule has 34 heavy (non-hydrogen) atoms. The number of morpholine rings is 1. The van der Waals surface area contributed by atoms with Gasteiger partial charge in [-0.1, -0.05) is 135 Å². The van der Waals surface area contributed by atoms with E-state index >= 15 is 0 Å². The molecular formula is C32H39NO. The summed E-state index contributed by atoms with van der Waals surface area (Å²) in [5, 5.41) is 0. The lowest BCUT2D eigenvalue weighted by Crippen LogP contribution is -2.32. The third-order valence-electron chi connectivity index (χ3n) is 4.86. The van der Waals surface area contributed by atoms with Crippen LogP contribution in [0, 0.1) is 0 Å². The highest BCUT2D eigenvalue weighted by molar-refractivity contribution is 5.63. The molecule has 0 aliphatic carbocycles. The van der Waals surface area contributed by atoms with E-state index in [0.29, 0.717) is 0 Å². The Kier molecular flexibility index (Phi) is 16.0. The molecule has 3 aromatic rings. The Labute approximate surface area is 207 Å². The largest absolute Gasteiger partial charge is 0.379 e. The van der Waals surface area contributed by atoms with Crippen LogP contribution in [0.25, 0.3) is 24.3 Å². The second-order valence-electron chi connectivity index (χ2n) is 7.48. The minimum atomic E-state index is 0.913. The Morgan fingerprint density at radius 2 is 1.09 bits per heavy atom. The van der Waals surface area contributed by atoms with E-state index in [2.05, 4.69) is 49.9 Å². The van der Waals surface area contributed by atoms with Crippen LogP contribution >= 0.6 is 0 Å². The lowest BCUT2D eigenvalue weighted by Gasteiger charge is -2.21. The van der Waals surface area contributed by atoms with Crippen molar-refractivity contribution in [3.8, 4) is 0 Å². The number of allylic oxidation sites excluding steroid dienone is 1. The normalized spacial score (nSPS) is 12.5. The first-order valence-electron chi connectivity index (χ1n) is 11.6. The van der Waals surface area contributed by atoms with E-state index in [1.165, 1.54) is 11.1 Å². The predicted molar refractivity (Wildman–Crippen MR) is 153 cm³/mol. The van der Waals surface area contributed by atoms with Gasteiger partial charge in [-0.25, -0.2) is 0 Å². The molecule has 0 bridgehead atoms. The summed E-state index contributed by atoms with van der Waals surface area (Å²) in [5.74, 6) is 0. The average molecular weight is 454 g/mol. The van der Waals surface area contributed by atoms with Gasteiger partial charge in [0.1, 0.15) is 0 Å². The maximum Gasteiger partial charge on any atom is 0.0594 e. The summed E-state index contributed by atoms with van der Waals surface area (Å²) in [4.78, 5) is 2.27. The van der Waals surface area contributed by atoms with Crippen LogP contribution in [0.4, 0.5) is 0 Å². The van der Waals surface area contributed by atoms with Gasteiger partial charge in [0.25, 0.3) is 0 Å². The highest BCUT2D eigenvalue weighted by Gasteiger charge is 2.02. The van der Waals surface area contributed by atoms with E-state index < -0.39 is 0 Å². The Balaban J connectivity index is 0.000000228. The molecular weight excluding hydrogens is 414 g/mol. The maximum atomic E-state index is 5.10. The quantitative estimate of drug-likeness (QED) is 0.397. The van der Waals surface area contributed by atoms with Gasteiger partial charge in [-0.2, -0.15) is 0 Å². The van der Waals surface area contributed by atoms with E-state index in [-0.39, 0.29) is 0 Å².